The SMILES string of the molecule is Cc1occc1C(=O)N1CCN(c2nc(C(C)C)c3c(c2C#N)CC(C)(C)OC3)C[C@H]1C(C)C. The third-order valence-corrected chi connectivity index (χ3v) is 7.13. The molecule has 1 fully saturated rings. The molecule has 4 heterocycles. The number of anilines is 1. The molecule has 0 saturated carbocycles. The summed E-state index contributed by atoms with van der Waals surface area (Å²) in [6, 6.07) is 4.23. The molecule has 0 aromatic carbocycles. The molecule has 1 amide bonds. The molecule has 34 heavy (non-hydrogen) atoms. The highest BCUT2D eigenvalue weighted by molar-refractivity contribution is 5.95. The standard InChI is InChI=1S/C27H36N4O3/c1-16(2)23-14-30(9-10-31(23)26(32)19-8-11-33-18(19)5)25-21(13-28)20-12-27(6,7)34-15-22(20)24(29-25)17(3)4/h8,11,16-17,23H,9-10,12,14-15H2,1-7H3/t23-/m0/s1. The lowest BCUT2D eigenvalue weighted by Crippen LogP contribution is -2.57. The molecule has 7 nitrogen and oxygen atoms in total. The van der Waals surface area contributed by atoms with E-state index in [0.29, 0.717) is 49.5 Å². The average Bonchev–Trinajstić information content (AvgIpc) is 3.22. The van der Waals surface area contributed by atoms with Gasteiger partial charge in [0.25, 0.3) is 5.91 Å². The third kappa shape index (κ3) is 4.32. The largest absolute Gasteiger partial charge is 0.469 e. The third-order valence-electron chi connectivity index (χ3n) is 7.13. The van der Waals surface area contributed by atoms with Gasteiger partial charge in [-0.3, -0.25) is 4.79 Å². The van der Waals surface area contributed by atoms with Crippen molar-refractivity contribution in [2.24, 2.45) is 5.92 Å². The molecular formula is C27H36N4O3. The molecule has 182 valence electrons. The number of ether oxygens (including phenoxy) is 1. The first kappa shape index (κ1) is 24.3. The monoisotopic (exact) mass is 464 g/mol. The van der Waals surface area contributed by atoms with E-state index in [9.17, 15) is 10.1 Å². The fourth-order valence-electron chi connectivity index (χ4n) is 5.19. The van der Waals surface area contributed by atoms with Crippen LogP contribution in [0, 0.1) is 24.2 Å². The van der Waals surface area contributed by atoms with Crippen molar-refractivity contribution in [1.82, 2.24) is 9.88 Å². The number of amides is 1. The fraction of sp³-hybridized carbons (Fsp3) is 0.593. The number of hydrogen-bond donors (Lipinski definition) is 0. The maximum Gasteiger partial charge on any atom is 0.257 e. The van der Waals surface area contributed by atoms with Crippen LogP contribution < -0.4 is 4.90 Å². The Bertz CT molecular complexity index is 1130. The normalized spacial score (nSPS) is 19.9. The maximum atomic E-state index is 13.3. The van der Waals surface area contributed by atoms with Crippen molar-refractivity contribution in [2.45, 2.75) is 79.1 Å². The number of nitriles is 1. The Labute approximate surface area is 202 Å². The van der Waals surface area contributed by atoms with Gasteiger partial charge in [-0.15, -0.1) is 0 Å². The van der Waals surface area contributed by atoms with Crippen LogP contribution in [0.4, 0.5) is 5.82 Å². The molecule has 7 heteroatoms. The Morgan fingerprint density at radius 1 is 1.24 bits per heavy atom. The number of carbonyl (C=O) groups is 1. The minimum atomic E-state index is -0.320. The highest BCUT2D eigenvalue weighted by Gasteiger charge is 2.38. The summed E-state index contributed by atoms with van der Waals surface area (Å²) in [7, 11) is 0. The number of piperazine rings is 1. The van der Waals surface area contributed by atoms with Gasteiger partial charge in [0.2, 0.25) is 0 Å². The number of carbonyl (C=O) groups excluding carboxylic acids is 1. The minimum absolute atomic E-state index is 0.00204. The Balaban J connectivity index is 1.73. The van der Waals surface area contributed by atoms with E-state index < -0.39 is 0 Å². The molecule has 2 aromatic heterocycles. The quantitative estimate of drug-likeness (QED) is 0.645. The van der Waals surface area contributed by atoms with Crippen LogP contribution in [0.3, 0.4) is 0 Å². The van der Waals surface area contributed by atoms with Gasteiger partial charge in [-0.05, 0) is 44.2 Å². The Morgan fingerprint density at radius 2 is 1.97 bits per heavy atom. The van der Waals surface area contributed by atoms with E-state index in [1.165, 1.54) is 0 Å². The van der Waals surface area contributed by atoms with Crippen LogP contribution >= 0.6 is 0 Å². The second-order valence-electron chi connectivity index (χ2n) is 10.8. The van der Waals surface area contributed by atoms with Crippen LogP contribution in [0.15, 0.2) is 16.7 Å². The molecule has 0 radical (unpaired) electrons. The zero-order valence-electron chi connectivity index (χ0n) is 21.4. The Morgan fingerprint density at radius 3 is 2.56 bits per heavy atom. The van der Waals surface area contributed by atoms with Crippen LogP contribution in [0.5, 0.6) is 0 Å². The molecule has 2 aliphatic rings. The molecule has 0 bridgehead atoms. The van der Waals surface area contributed by atoms with E-state index in [4.69, 9.17) is 14.1 Å². The van der Waals surface area contributed by atoms with Crippen molar-refractivity contribution in [1.29, 1.82) is 5.26 Å². The van der Waals surface area contributed by atoms with Gasteiger partial charge in [0.05, 0.1) is 41.3 Å². The van der Waals surface area contributed by atoms with E-state index in [1.807, 2.05) is 11.8 Å². The predicted octanol–water partition coefficient (Wildman–Crippen LogP) is 4.82. The van der Waals surface area contributed by atoms with E-state index in [2.05, 4.69) is 52.5 Å². The molecule has 4 rings (SSSR count). The van der Waals surface area contributed by atoms with Crippen molar-refractivity contribution in [2.75, 3.05) is 24.5 Å². The van der Waals surface area contributed by atoms with Crippen LogP contribution in [0.1, 0.15) is 86.0 Å². The van der Waals surface area contributed by atoms with Crippen molar-refractivity contribution < 1.29 is 13.9 Å². The molecule has 0 N–H and O–H groups in total. The minimum Gasteiger partial charge on any atom is -0.469 e. The van der Waals surface area contributed by atoms with Gasteiger partial charge in [0, 0.05) is 31.6 Å². The molecule has 2 aromatic rings. The summed E-state index contributed by atoms with van der Waals surface area (Å²) >= 11 is 0. The smallest absolute Gasteiger partial charge is 0.257 e. The molecule has 0 unspecified atom stereocenters. The molecular weight excluding hydrogens is 428 g/mol. The highest BCUT2D eigenvalue weighted by Crippen LogP contribution is 2.38. The lowest BCUT2D eigenvalue weighted by atomic mass is 9.86. The number of pyridine rings is 1. The predicted molar refractivity (Wildman–Crippen MR) is 131 cm³/mol. The zero-order chi connectivity index (χ0) is 24.8. The van der Waals surface area contributed by atoms with Gasteiger partial charge in [0.1, 0.15) is 17.6 Å². The summed E-state index contributed by atoms with van der Waals surface area (Å²) < 4.78 is 11.5. The number of aryl methyl sites for hydroxylation is 1. The summed E-state index contributed by atoms with van der Waals surface area (Å²) in [4.78, 5) is 22.6. The number of hydrogen-bond acceptors (Lipinski definition) is 6. The summed E-state index contributed by atoms with van der Waals surface area (Å²) in [5.74, 6) is 1.87. The van der Waals surface area contributed by atoms with Gasteiger partial charge in [-0.1, -0.05) is 27.7 Å². The summed E-state index contributed by atoms with van der Waals surface area (Å²) in [5.41, 5.74) is 4.10. The Kier molecular flexibility index (Phi) is 6.48. The average molecular weight is 465 g/mol. The van der Waals surface area contributed by atoms with Crippen molar-refractivity contribution >= 4 is 11.7 Å². The molecule has 1 atom stereocenters. The van der Waals surface area contributed by atoms with Crippen molar-refractivity contribution in [3.8, 4) is 6.07 Å². The summed E-state index contributed by atoms with van der Waals surface area (Å²) in [6.07, 6.45) is 2.25. The Hall–Kier alpha value is -2.85. The van der Waals surface area contributed by atoms with Crippen LogP contribution in [0.25, 0.3) is 0 Å². The topological polar surface area (TPSA) is 82.6 Å². The number of fused-ring (bicyclic) bond motifs is 1. The number of rotatable bonds is 4. The van der Waals surface area contributed by atoms with Gasteiger partial charge in [0.15, 0.2) is 0 Å². The second-order valence-corrected chi connectivity index (χ2v) is 10.8. The van der Waals surface area contributed by atoms with E-state index in [-0.39, 0.29) is 29.4 Å². The first-order valence-corrected chi connectivity index (χ1v) is 12.2. The van der Waals surface area contributed by atoms with Crippen LogP contribution in [-0.2, 0) is 17.8 Å². The second kappa shape index (κ2) is 9.07. The highest BCUT2D eigenvalue weighted by atomic mass is 16.5. The van der Waals surface area contributed by atoms with E-state index in [0.717, 1.165) is 22.6 Å². The lowest BCUT2D eigenvalue weighted by molar-refractivity contribution is -0.0408. The molecule has 1 saturated heterocycles. The number of aromatic nitrogens is 1. The van der Waals surface area contributed by atoms with Gasteiger partial charge in [-0.25, -0.2) is 4.98 Å². The molecule has 2 aliphatic heterocycles. The molecule has 0 spiro atoms. The summed E-state index contributed by atoms with van der Waals surface area (Å²) in [6.45, 7) is 16.8. The first-order chi connectivity index (χ1) is 16.0. The zero-order valence-corrected chi connectivity index (χ0v) is 21.4. The number of nitrogens with zero attached hydrogens (tertiary/aromatic N) is 4. The van der Waals surface area contributed by atoms with Gasteiger partial charge < -0.3 is 19.0 Å². The van der Waals surface area contributed by atoms with Crippen molar-refractivity contribution in [3.63, 3.8) is 0 Å². The van der Waals surface area contributed by atoms with E-state index in [1.54, 1.807) is 12.3 Å². The van der Waals surface area contributed by atoms with Gasteiger partial charge in [-0.2, -0.15) is 5.26 Å². The molecule has 0 aliphatic carbocycles. The van der Waals surface area contributed by atoms with Crippen LogP contribution in [0.2, 0.25) is 0 Å². The van der Waals surface area contributed by atoms with Crippen LogP contribution in [-0.4, -0.2) is 47.1 Å². The van der Waals surface area contributed by atoms with E-state index >= 15 is 0 Å². The first-order valence-electron chi connectivity index (χ1n) is 12.2. The van der Waals surface area contributed by atoms with Gasteiger partial charge >= 0.3 is 0 Å². The number of furan rings is 1. The maximum absolute atomic E-state index is 13.3. The summed E-state index contributed by atoms with van der Waals surface area (Å²) in [5, 5.41) is 10.2. The van der Waals surface area contributed by atoms with Crippen molar-refractivity contribution in [3.05, 3.63) is 46.0 Å². The lowest BCUT2D eigenvalue weighted by Gasteiger charge is -2.44. The fourth-order valence-corrected chi connectivity index (χ4v) is 5.19.